The molecule has 0 bridgehead atoms. The molecule has 0 aliphatic heterocycles. The lowest BCUT2D eigenvalue weighted by Crippen LogP contribution is -2.01. The van der Waals surface area contributed by atoms with Gasteiger partial charge in [0.15, 0.2) is 0 Å². The van der Waals surface area contributed by atoms with Crippen molar-refractivity contribution in [3.05, 3.63) is 65.5 Å². The predicted molar refractivity (Wildman–Crippen MR) is 76.5 cm³/mol. The van der Waals surface area contributed by atoms with Crippen molar-refractivity contribution in [2.45, 2.75) is 27.2 Å². The Morgan fingerprint density at radius 2 is 2.06 bits per heavy atom. The number of hydrogen-bond donors (Lipinski definition) is 1. The third-order valence-electron chi connectivity index (χ3n) is 2.47. The van der Waals surface area contributed by atoms with Crippen LogP contribution in [0.25, 0.3) is 6.08 Å². The fourth-order valence-electron chi connectivity index (χ4n) is 1.58. The smallest absolute Gasteiger partial charge is 0.0335 e. The van der Waals surface area contributed by atoms with Crippen LogP contribution in [0.4, 0.5) is 0 Å². The van der Waals surface area contributed by atoms with Gasteiger partial charge < -0.3 is 5.32 Å². The van der Waals surface area contributed by atoms with Crippen LogP contribution >= 0.6 is 0 Å². The van der Waals surface area contributed by atoms with E-state index >= 15 is 0 Å². The summed E-state index contributed by atoms with van der Waals surface area (Å²) >= 11 is 0. The molecule has 0 spiro atoms. The summed E-state index contributed by atoms with van der Waals surface area (Å²) in [7, 11) is 0. The minimum Gasteiger partial charge on any atom is -0.362 e. The molecule has 1 aromatic carbocycles. The highest BCUT2D eigenvalue weighted by Crippen LogP contribution is 2.08. The molecule has 1 N–H and O–H groups in total. The average Bonchev–Trinajstić information content (AvgIpc) is 2.32. The Morgan fingerprint density at radius 1 is 1.29 bits per heavy atom. The Hall–Kier alpha value is -1.76. The van der Waals surface area contributed by atoms with Crippen LogP contribution in [0.1, 0.15) is 31.4 Å². The quantitative estimate of drug-likeness (QED) is 0.734. The van der Waals surface area contributed by atoms with E-state index in [0.717, 1.165) is 12.1 Å². The monoisotopic (exact) mass is 227 g/mol. The van der Waals surface area contributed by atoms with E-state index in [1.54, 1.807) is 0 Å². The van der Waals surface area contributed by atoms with Gasteiger partial charge in [-0.25, -0.2) is 0 Å². The zero-order valence-corrected chi connectivity index (χ0v) is 10.9. The van der Waals surface area contributed by atoms with Crippen LogP contribution in [-0.4, -0.2) is 0 Å². The van der Waals surface area contributed by atoms with Crippen LogP contribution in [0.3, 0.4) is 0 Å². The van der Waals surface area contributed by atoms with Gasteiger partial charge in [0, 0.05) is 11.9 Å². The molecule has 1 heteroatoms. The van der Waals surface area contributed by atoms with Gasteiger partial charge >= 0.3 is 0 Å². The van der Waals surface area contributed by atoms with Crippen molar-refractivity contribution >= 4 is 6.08 Å². The first-order valence-electron chi connectivity index (χ1n) is 6.09. The van der Waals surface area contributed by atoms with Crippen molar-refractivity contribution in [2.24, 2.45) is 0 Å². The Labute approximate surface area is 105 Å². The van der Waals surface area contributed by atoms with Crippen molar-refractivity contribution in [2.75, 3.05) is 0 Å². The number of allylic oxidation sites excluding steroid dienone is 3. The summed E-state index contributed by atoms with van der Waals surface area (Å²) in [5.74, 6) is 0. The molecular weight excluding hydrogens is 206 g/mol. The van der Waals surface area contributed by atoms with Gasteiger partial charge in [-0.2, -0.15) is 0 Å². The summed E-state index contributed by atoms with van der Waals surface area (Å²) in [6.45, 7) is 6.28. The van der Waals surface area contributed by atoms with E-state index in [1.807, 2.05) is 19.2 Å². The molecule has 1 rings (SSSR count). The van der Waals surface area contributed by atoms with E-state index in [9.17, 15) is 0 Å². The molecule has 0 heterocycles. The first-order valence-corrected chi connectivity index (χ1v) is 6.09. The molecule has 1 aromatic rings. The standard InChI is InChI=1S/C16H21N/c1-4-8-16(9-5-2)17-13-12-15-11-7-6-10-14(15)3/h4,6-13,17H,5H2,1-3H3/b8-4-,13-12+,16-9+. The Kier molecular flexibility index (Phi) is 5.87. The second kappa shape index (κ2) is 7.50. The molecule has 17 heavy (non-hydrogen) atoms. The summed E-state index contributed by atoms with van der Waals surface area (Å²) in [6, 6.07) is 8.35. The third-order valence-corrected chi connectivity index (χ3v) is 2.47. The summed E-state index contributed by atoms with van der Waals surface area (Å²) in [6.07, 6.45) is 11.4. The Morgan fingerprint density at radius 3 is 2.71 bits per heavy atom. The van der Waals surface area contributed by atoms with Crippen LogP contribution in [-0.2, 0) is 0 Å². The lowest BCUT2D eigenvalue weighted by atomic mass is 10.1. The molecule has 90 valence electrons. The number of rotatable bonds is 5. The molecule has 0 radical (unpaired) electrons. The van der Waals surface area contributed by atoms with Crippen LogP contribution < -0.4 is 5.32 Å². The zero-order valence-electron chi connectivity index (χ0n) is 10.9. The molecule has 0 saturated carbocycles. The molecule has 0 aliphatic rings. The van der Waals surface area contributed by atoms with E-state index < -0.39 is 0 Å². The maximum atomic E-state index is 3.29. The highest BCUT2D eigenvalue weighted by atomic mass is 14.8. The second-order valence-electron chi connectivity index (χ2n) is 3.90. The highest BCUT2D eigenvalue weighted by Gasteiger charge is 1.90. The fraction of sp³-hybridized carbons (Fsp3) is 0.250. The molecule has 0 amide bonds. The van der Waals surface area contributed by atoms with Crippen molar-refractivity contribution in [1.82, 2.24) is 5.32 Å². The topological polar surface area (TPSA) is 12.0 Å². The van der Waals surface area contributed by atoms with Gasteiger partial charge in [0.1, 0.15) is 0 Å². The van der Waals surface area contributed by atoms with Gasteiger partial charge in [-0.15, -0.1) is 0 Å². The first kappa shape index (κ1) is 13.3. The SMILES string of the molecule is C/C=C\C(=C/CC)N/C=C/c1ccccc1C. The number of nitrogens with one attached hydrogen (secondary N) is 1. The van der Waals surface area contributed by atoms with Crippen LogP contribution in [0, 0.1) is 6.92 Å². The minimum absolute atomic E-state index is 1.03. The first-order chi connectivity index (χ1) is 8.27. The Bertz CT molecular complexity index is 425. The minimum atomic E-state index is 1.03. The van der Waals surface area contributed by atoms with Gasteiger partial charge in [-0.3, -0.25) is 0 Å². The van der Waals surface area contributed by atoms with E-state index in [1.165, 1.54) is 11.1 Å². The number of hydrogen-bond acceptors (Lipinski definition) is 1. The summed E-state index contributed by atoms with van der Waals surface area (Å²) in [5.41, 5.74) is 3.67. The third kappa shape index (κ3) is 4.73. The highest BCUT2D eigenvalue weighted by molar-refractivity contribution is 5.53. The maximum Gasteiger partial charge on any atom is 0.0335 e. The molecule has 0 aliphatic carbocycles. The second-order valence-corrected chi connectivity index (χ2v) is 3.90. The van der Waals surface area contributed by atoms with Crippen LogP contribution in [0.15, 0.2) is 54.4 Å². The average molecular weight is 227 g/mol. The lowest BCUT2D eigenvalue weighted by Gasteiger charge is -2.02. The van der Waals surface area contributed by atoms with Gasteiger partial charge in [-0.05, 0) is 43.5 Å². The van der Waals surface area contributed by atoms with E-state index in [4.69, 9.17) is 0 Å². The maximum absolute atomic E-state index is 3.29. The summed E-state index contributed by atoms with van der Waals surface area (Å²) < 4.78 is 0. The molecular formula is C16H21N. The normalized spacial score (nSPS) is 12.5. The molecule has 0 aromatic heterocycles. The van der Waals surface area contributed by atoms with Crippen molar-refractivity contribution < 1.29 is 0 Å². The van der Waals surface area contributed by atoms with Gasteiger partial charge in [-0.1, -0.05) is 43.3 Å². The van der Waals surface area contributed by atoms with Gasteiger partial charge in [0.25, 0.3) is 0 Å². The lowest BCUT2D eigenvalue weighted by molar-refractivity contribution is 1.07. The van der Waals surface area contributed by atoms with Crippen LogP contribution in [0.5, 0.6) is 0 Å². The van der Waals surface area contributed by atoms with Gasteiger partial charge in [0.05, 0.1) is 0 Å². The molecule has 1 nitrogen and oxygen atoms in total. The summed E-state index contributed by atoms with van der Waals surface area (Å²) in [5, 5.41) is 3.29. The largest absolute Gasteiger partial charge is 0.362 e. The fourth-order valence-corrected chi connectivity index (χ4v) is 1.58. The van der Waals surface area contributed by atoms with Gasteiger partial charge in [0.2, 0.25) is 0 Å². The van der Waals surface area contributed by atoms with E-state index in [2.05, 4.69) is 61.7 Å². The molecule has 0 unspecified atom stereocenters. The van der Waals surface area contributed by atoms with Crippen molar-refractivity contribution in [1.29, 1.82) is 0 Å². The number of benzene rings is 1. The van der Waals surface area contributed by atoms with E-state index in [-0.39, 0.29) is 0 Å². The zero-order chi connectivity index (χ0) is 12.5. The molecule has 0 fully saturated rings. The van der Waals surface area contributed by atoms with Crippen molar-refractivity contribution in [3.8, 4) is 0 Å². The van der Waals surface area contributed by atoms with Crippen molar-refractivity contribution in [3.63, 3.8) is 0 Å². The molecule has 0 saturated heterocycles. The van der Waals surface area contributed by atoms with E-state index in [0.29, 0.717) is 0 Å². The predicted octanol–water partition coefficient (Wildman–Crippen LogP) is 4.43. The summed E-state index contributed by atoms with van der Waals surface area (Å²) in [4.78, 5) is 0. The molecule has 0 atom stereocenters. The Balaban J connectivity index is 2.66. The number of aryl methyl sites for hydroxylation is 1. The van der Waals surface area contributed by atoms with Crippen LogP contribution in [0.2, 0.25) is 0 Å².